The molecular formula is C25H31NO4. The van der Waals surface area contributed by atoms with Gasteiger partial charge in [-0.15, -0.1) is 0 Å². The maximum Gasteiger partial charge on any atom is 0.222 e. The summed E-state index contributed by atoms with van der Waals surface area (Å²) in [6.45, 7) is 5.12. The second kappa shape index (κ2) is 10.3. The van der Waals surface area contributed by atoms with Crippen molar-refractivity contribution >= 4 is 11.7 Å². The lowest BCUT2D eigenvalue weighted by atomic mass is 9.89. The molecule has 0 aliphatic carbocycles. The Kier molecular flexibility index (Phi) is 7.50. The van der Waals surface area contributed by atoms with Crippen molar-refractivity contribution in [3.05, 3.63) is 59.7 Å². The normalized spacial score (nSPS) is 16.4. The summed E-state index contributed by atoms with van der Waals surface area (Å²) in [5, 5.41) is 0. The van der Waals surface area contributed by atoms with Gasteiger partial charge in [0, 0.05) is 31.0 Å². The van der Waals surface area contributed by atoms with E-state index in [1.54, 1.807) is 7.11 Å². The van der Waals surface area contributed by atoms with Gasteiger partial charge in [0.1, 0.15) is 11.5 Å². The van der Waals surface area contributed by atoms with E-state index in [1.807, 2.05) is 67.3 Å². The molecular weight excluding hydrogens is 378 g/mol. The highest BCUT2D eigenvalue weighted by atomic mass is 16.5. The minimum Gasteiger partial charge on any atom is -0.496 e. The van der Waals surface area contributed by atoms with Gasteiger partial charge in [-0.2, -0.15) is 0 Å². The molecule has 1 aliphatic rings. The Morgan fingerprint density at radius 2 is 1.93 bits per heavy atom. The molecule has 0 bridgehead atoms. The number of ether oxygens (including phenoxy) is 2. The van der Waals surface area contributed by atoms with E-state index >= 15 is 0 Å². The van der Waals surface area contributed by atoms with Crippen molar-refractivity contribution in [2.75, 3.05) is 20.2 Å². The number of carbonyl (C=O) groups is 2. The smallest absolute Gasteiger partial charge is 0.222 e. The summed E-state index contributed by atoms with van der Waals surface area (Å²) in [6, 6.07) is 15.1. The highest BCUT2D eigenvalue weighted by molar-refractivity contribution is 5.98. The van der Waals surface area contributed by atoms with Crippen LogP contribution in [0.1, 0.15) is 49.0 Å². The van der Waals surface area contributed by atoms with E-state index in [2.05, 4.69) is 0 Å². The third-order valence-corrected chi connectivity index (χ3v) is 5.44. The summed E-state index contributed by atoms with van der Waals surface area (Å²) in [4.78, 5) is 27.7. The molecule has 0 unspecified atom stereocenters. The fraction of sp³-hybridized carbons (Fsp3) is 0.440. The van der Waals surface area contributed by atoms with Crippen LogP contribution in [0.2, 0.25) is 0 Å². The number of amides is 1. The molecule has 1 aliphatic heterocycles. The number of piperidine rings is 1. The number of rotatable bonds is 8. The number of benzene rings is 2. The summed E-state index contributed by atoms with van der Waals surface area (Å²) in [7, 11) is 1.64. The second-order valence-corrected chi connectivity index (χ2v) is 8.05. The van der Waals surface area contributed by atoms with Gasteiger partial charge < -0.3 is 14.4 Å². The van der Waals surface area contributed by atoms with Crippen molar-refractivity contribution in [1.29, 1.82) is 0 Å². The molecule has 5 nitrogen and oxygen atoms in total. The van der Waals surface area contributed by atoms with Gasteiger partial charge in [-0.3, -0.25) is 9.59 Å². The van der Waals surface area contributed by atoms with Crippen LogP contribution >= 0.6 is 0 Å². The Labute approximate surface area is 179 Å². The SMILES string of the molecule is COc1ccccc1CCC(=O)N1CCC[C@@H](C(=O)c2cccc(OC(C)C)c2)C1. The lowest BCUT2D eigenvalue weighted by Gasteiger charge is -2.32. The van der Waals surface area contributed by atoms with Gasteiger partial charge in [0.25, 0.3) is 0 Å². The molecule has 1 heterocycles. The number of aryl methyl sites for hydroxylation is 1. The number of hydrogen-bond donors (Lipinski definition) is 0. The van der Waals surface area contributed by atoms with Gasteiger partial charge in [-0.25, -0.2) is 0 Å². The van der Waals surface area contributed by atoms with Crippen molar-refractivity contribution in [2.24, 2.45) is 5.92 Å². The van der Waals surface area contributed by atoms with E-state index in [0.717, 1.165) is 24.2 Å². The van der Waals surface area contributed by atoms with Crippen LogP contribution in [0.4, 0.5) is 0 Å². The quantitative estimate of drug-likeness (QED) is 0.601. The van der Waals surface area contributed by atoms with Crippen LogP contribution in [0.3, 0.4) is 0 Å². The van der Waals surface area contributed by atoms with Crippen LogP contribution < -0.4 is 9.47 Å². The Morgan fingerprint density at radius 3 is 2.70 bits per heavy atom. The predicted octanol–water partition coefficient (Wildman–Crippen LogP) is 4.54. The number of hydrogen-bond acceptors (Lipinski definition) is 4. The number of likely N-dealkylation sites (tertiary alicyclic amines) is 1. The minimum absolute atomic E-state index is 0.0568. The van der Waals surface area contributed by atoms with Crippen LogP contribution in [-0.2, 0) is 11.2 Å². The molecule has 2 aromatic carbocycles. The largest absolute Gasteiger partial charge is 0.496 e. The predicted molar refractivity (Wildman–Crippen MR) is 117 cm³/mol. The minimum atomic E-state index is -0.164. The third-order valence-electron chi connectivity index (χ3n) is 5.44. The van der Waals surface area contributed by atoms with Gasteiger partial charge in [-0.05, 0) is 56.9 Å². The number of nitrogens with zero attached hydrogens (tertiary/aromatic N) is 1. The molecule has 2 aromatic rings. The van der Waals surface area contributed by atoms with E-state index in [9.17, 15) is 9.59 Å². The van der Waals surface area contributed by atoms with Gasteiger partial charge >= 0.3 is 0 Å². The third kappa shape index (κ3) is 5.62. The molecule has 0 N–H and O–H groups in total. The molecule has 160 valence electrons. The molecule has 0 radical (unpaired) electrons. The first-order valence-corrected chi connectivity index (χ1v) is 10.7. The fourth-order valence-electron chi connectivity index (χ4n) is 3.96. The molecule has 5 heteroatoms. The van der Waals surface area contributed by atoms with Gasteiger partial charge in [0.05, 0.1) is 13.2 Å². The molecule has 1 fully saturated rings. The zero-order valence-electron chi connectivity index (χ0n) is 18.1. The van der Waals surface area contributed by atoms with Crippen molar-refractivity contribution < 1.29 is 19.1 Å². The Hall–Kier alpha value is -2.82. The Bertz CT molecular complexity index is 877. The summed E-state index contributed by atoms with van der Waals surface area (Å²) in [5.41, 5.74) is 1.68. The number of Topliss-reactive ketones (excluding diaryl/α,β-unsaturated/α-hetero) is 1. The van der Waals surface area contributed by atoms with E-state index in [0.29, 0.717) is 37.2 Å². The Balaban J connectivity index is 1.60. The Morgan fingerprint density at radius 1 is 1.13 bits per heavy atom. The van der Waals surface area contributed by atoms with Crippen molar-refractivity contribution in [1.82, 2.24) is 4.90 Å². The van der Waals surface area contributed by atoms with Crippen LogP contribution in [0, 0.1) is 5.92 Å². The first kappa shape index (κ1) is 21.9. The first-order chi connectivity index (χ1) is 14.5. The maximum atomic E-state index is 13.1. The lowest BCUT2D eigenvalue weighted by molar-refractivity contribution is -0.132. The molecule has 0 saturated carbocycles. The van der Waals surface area contributed by atoms with Crippen molar-refractivity contribution in [2.45, 2.75) is 45.6 Å². The zero-order chi connectivity index (χ0) is 21.5. The number of ketones is 1. The van der Waals surface area contributed by atoms with E-state index in [-0.39, 0.29) is 23.7 Å². The number of methoxy groups -OCH3 is 1. The maximum absolute atomic E-state index is 13.1. The molecule has 1 amide bonds. The molecule has 30 heavy (non-hydrogen) atoms. The van der Waals surface area contributed by atoms with Crippen molar-refractivity contribution in [3.8, 4) is 11.5 Å². The van der Waals surface area contributed by atoms with Crippen LogP contribution in [0.5, 0.6) is 11.5 Å². The highest BCUT2D eigenvalue weighted by Crippen LogP contribution is 2.25. The summed E-state index contributed by atoms with van der Waals surface area (Å²) < 4.78 is 11.1. The van der Waals surface area contributed by atoms with E-state index in [4.69, 9.17) is 9.47 Å². The fourth-order valence-corrected chi connectivity index (χ4v) is 3.96. The molecule has 1 atom stereocenters. The first-order valence-electron chi connectivity index (χ1n) is 10.7. The molecule has 0 spiro atoms. The highest BCUT2D eigenvalue weighted by Gasteiger charge is 2.29. The number of carbonyl (C=O) groups excluding carboxylic acids is 2. The summed E-state index contributed by atoms with van der Waals surface area (Å²) in [5.74, 6) is 1.53. The lowest BCUT2D eigenvalue weighted by Crippen LogP contribution is -2.42. The average Bonchev–Trinajstić information content (AvgIpc) is 2.77. The molecule has 3 rings (SSSR count). The van der Waals surface area contributed by atoms with Gasteiger partial charge in [-0.1, -0.05) is 30.3 Å². The van der Waals surface area contributed by atoms with Crippen LogP contribution in [0.15, 0.2) is 48.5 Å². The average molecular weight is 410 g/mol. The van der Waals surface area contributed by atoms with Gasteiger partial charge in [0.15, 0.2) is 5.78 Å². The van der Waals surface area contributed by atoms with Crippen molar-refractivity contribution in [3.63, 3.8) is 0 Å². The topological polar surface area (TPSA) is 55.8 Å². The standard InChI is InChI=1S/C25H31NO4/c1-18(2)30-22-11-6-9-20(16-22)25(28)21-10-7-15-26(17-21)24(27)14-13-19-8-4-5-12-23(19)29-3/h4-6,8-9,11-12,16,18,21H,7,10,13-15,17H2,1-3H3/t21-/m1/s1. The monoisotopic (exact) mass is 409 g/mol. The second-order valence-electron chi connectivity index (χ2n) is 8.05. The van der Waals surface area contributed by atoms with Gasteiger partial charge in [0.2, 0.25) is 5.91 Å². The summed E-state index contributed by atoms with van der Waals surface area (Å²) >= 11 is 0. The zero-order valence-corrected chi connectivity index (χ0v) is 18.1. The molecule has 1 saturated heterocycles. The molecule has 0 aromatic heterocycles. The van der Waals surface area contributed by atoms with Crippen LogP contribution in [-0.4, -0.2) is 42.9 Å². The summed E-state index contributed by atoms with van der Waals surface area (Å²) in [6.07, 6.45) is 2.76. The van der Waals surface area contributed by atoms with Crippen LogP contribution in [0.25, 0.3) is 0 Å². The van der Waals surface area contributed by atoms with E-state index in [1.165, 1.54) is 0 Å². The number of para-hydroxylation sites is 1. The van der Waals surface area contributed by atoms with E-state index < -0.39 is 0 Å².